The molecule has 0 bridgehead atoms. The first-order valence-corrected chi connectivity index (χ1v) is 17.8. The van der Waals surface area contributed by atoms with Gasteiger partial charge in [0, 0.05) is 42.5 Å². The smallest absolute Gasteiger partial charge is 0.412 e. The summed E-state index contributed by atoms with van der Waals surface area (Å²) in [7, 11) is 0. The Morgan fingerprint density at radius 1 is 1.20 bits per heavy atom. The predicted octanol–water partition coefficient (Wildman–Crippen LogP) is 7.71. The Labute approximate surface area is 293 Å². The molecule has 2 aliphatic rings. The molecule has 2 aromatic heterocycles. The quantitative estimate of drug-likeness (QED) is 0.190. The number of carbonyl (C=O) groups excluding carboxylic acids is 1. The third-order valence-electron chi connectivity index (χ3n) is 9.30. The highest BCUT2D eigenvalue weighted by molar-refractivity contribution is 7.23. The number of thiophene rings is 1. The van der Waals surface area contributed by atoms with Crippen LogP contribution in [0.15, 0.2) is 18.2 Å². The van der Waals surface area contributed by atoms with Gasteiger partial charge in [-0.3, -0.25) is 10.2 Å². The fraction of sp³-hybridized carbons (Fsp3) is 0.486. The first-order valence-electron chi connectivity index (χ1n) is 16.6. The number of piperazine rings is 1. The monoisotopic (exact) mass is 711 g/mol. The van der Waals surface area contributed by atoms with Crippen molar-refractivity contribution in [2.24, 2.45) is 0 Å². The van der Waals surface area contributed by atoms with Gasteiger partial charge in [0.15, 0.2) is 5.82 Å². The fourth-order valence-electron chi connectivity index (χ4n) is 6.91. The molecule has 2 fully saturated rings. The third-order valence-corrected chi connectivity index (χ3v) is 10.7. The zero-order valence-electron chi connectivity index (χ0n) is 28.3. The molecule has 49 heavy (non-hydrogen) atoms. The van der Waals surface area contributed by atoms with Crippen LogP contribution in [-0.4, -0.2) is 78.0 Å². The van der Waals surface area contributed by atoms with Crippen molar-refractivity contribution in [3.05, 3.63) is 40.4 Å². The Hall–Kier alpha value is -3.83. The van der Waals surface area contributed by atoms with Crippen molar-refractivity contribution in [1.29, 1.82) is 5.26 Å². The minimum absolute atomic E-state index is 0.000524. The van der Waals surface area contributed by atoms with Gasteiger partial charge in [-0.1, -0.05) is 31.5 Å². The number of amides is 1. The van der Waals surface area contributed by atoms with Gasteiger partial charge in [-0.25, -0.2) is 13.6 Å². The molecule has 0 spiro atoms. The van der Waals surface area contributed by atoms with Gasteiger partial charge in [0.1, 0.15) is 40.4 Å². The van der Waals surface area contributed by atoms with E-state index in [1.165, 1.54) is 12.1 Å². The number of anilines is 2. The first kappa shape index (κ1) is 35.0. The number of carbonyl (C=O) groups is 1. The van der Waals surface area contributed by atoms with Crippen LogP contribution in [-0.2, 0) is 4.74 Å². The van der Waals surface area contributed by atoms with Gasteiger partial charge in [-0.2, -0.15) is 15.2 Å². The molecule has 10 nitrogen and oxygen atoms in total. The minimum Gasteiger partial charge on any atom is -0.461 e. The van der Waals surface area contributed by atoms with E-state index in [0.29, 0.717) is 30.9 Å². The number of nitrogens with zero attached hydrogens (tertiary/aromatic N) is 5. The lowest BCUT2D eigenvalue weighted by molar-refractivity contribution is 0.0636. The summed E-state index contributed by atoms with van der Waals surface area (Å²) in [6, 6.07) is 6.33. The van der Waals surface area contributed by atoms with Gasteiger partial charge in [0.25, 0.3) is 0 Å². The van der Waals surface area contributed by atoms with Crippen LogP contribution >= 0.6 is 22.9 Å². The number of aromatic nitrogens is 2. The van der Waals surface area contributed by atoms with Gasteiger partial charge in [0.05, 0.1) is 20.8 Å². The van der Waals surface area contributed by atoms with E-state index < -0.39 is 23.3 Å². The number of rotatable bonds is 8. The summed E-state index contributed by atoms with van der Waals surface area (Å²) in [5, 5.41) is 16.8. The molecule has 1 amide bonds. The van der Waals surface area contributed by atoms with E-state index in [2.05, 4.69) is 45.3 Å². The molecule has 0 radical (unpaired) electrons. The molecule has 6 rings (SSSR count). The van der Waals surface area contributed by atoms with Gasteiger partial charge in [-0.15, -0.1) is 11.3 Å². The Kier molecular flexibility index (Phi) is 9.88. The number of likely N-dealkylation sites (tertiary alicyclic amines) is 1. The summed E-state index contributed by atoms with van der Waals surface area (Å²) in [5.74, 6) is -0.872. The van der Waals surface area contributed by atoms with E-state index in [4.69, 9.17) is 26.1 Å². The summed E-state index contributed by atoms with van der Waals surface area (Å²) < 4.78 is 44.1. The van der Waals surface area contributed by atoms with Gasteiger partial charge in [-0.05, 0) is 70.8 Å². The third kappa shape index (κ3) is 6.71. The molecule has 1 unspecified atom stereocenters. The van der Waals surface area contributed by atoms with Crippen LogP contribution in [0.3, 0.4) is 0 Å². The zero-order valence-corrected chi connectivity index (χ0v) is 29.9. The standard InChI is InChI=1S/C35H40ClF2N7O3S/c1-6-35(11-8-14-45(35)7-2)19-47-32-41-28-21(30(42-32)44-15-12-40-13-16-44)17-23(36)26(27(28)38)20-9-10-24(37)29-25(20)22(18-39)31(49-29)43-33(46)48-34(3,4)5/h9-10,17,40H,6-8,11-16,19H2,1-5H3,(H,43,46). The van der Waals surface area contributed by atoms with E-state index >= 15 is 8.78 Å². The van der Waals surface area contributed by atoms with Crippen molar-refractivity contribution in [2.45, 2.75) is 65.0 Å². The maximum absolute atomic E-state index is 17.1. The number of nitriles is 1. The number of hydrogen-bond donors (Lipinski definition) is 2. The summed E-state index contributed by atoms with van der Waals surface area (Å²) >= 11 is 7.75. The van der Waals surface area contributed by atoms with Crippen molar-refractivity contribution in [1.82, 2.24) is 20.2 Å². The Bertz CT molecular complexity index is 1950. The number of ether oxygens (including phenoxy) is 2. The van der Waals surface area contributed by atoms with Crippen LogP contribution in [0, 0.1) is 23.0 Å². The topological polar surface area (TPSA) is 116 Å². The van der Waals surface area contributed by atoms with Gasteiger partial charge >= 0.3 is 12.1 Å². The molecular weight excluding hydrogens is 672 g/mol. The molecule has 2 N–H and O–H groups in total. The number of likely N-dealkylation sites (N-methyl/N-ethyl adjacent to an activating group) is 1. The Morgan fingerprint density at radius 3 is 2.63 bits per heavy atom. The van der Waals surface area contributed by atoms with Crippen LogP contribution in [0.2, 0.25) is 5.02 Å². The highest BCUT2D eigenvalue weighted by atomic mass is 35.5. The molecule has 0 saturated carbocycles. The molecule has 260 valence electrons. The summed E-state index contributed by atoms with van der Waals surface area (Å²) in [6.45, 7) is 14.4. The molecule has 2 saturated heterocycles. The number of fused-ring (bicyclic) bond motifs is 2. The lowest BCUT2D eigenvalue weighted by Gasteiger charge is -2.36. The van der Waals surface area contributed by atoms with Crippen molar-refractivity contribution in [3.63, 3.8) is 0 Å². The fourth-order valence-corrected chi connectivity index (χ4v) is 8.27. The lowest BCUT2D eigenvalue weighted by Crippen LogP contribution is -2.48. The van der Waals surface area contributed by atoms with E-state index in [1.54, 1.807) is 26.8 Å². The average molecular weight is 712 g/mol. The molecule has 1 atom stereocenters. The van der Waals surface area contributed by atoms with E-state index in [1.807, 2.05) is 0 Å². The molecule has 4 aromatic rings. The van der Waals surface area contributed by atoms with Crippen molar-refractivity contribution in [2.75, 3.05) is 56.1 Å². The van der Waals surface area contributed by atoms with Crippen LogP contribution in [0.4, 0.5) is 24.4 Å². The molecule has 2 aromatic carbocycles. The SMILES string of the molecule is CCN1CCCC1(CC)COc1nc(N2CCNCC2)c2cc(Cl)c(-c3ccc(F)c4sc(NC(=O)OC(C)(C)C)c(C#N)c34)c(F)c2n1. The van der Waals surface area contributed by atoms with Crippen LogP contribution in [0.25, 0.3) is 32.1 Å². The maximum Gasteiger partial charge on any atom is 0.412 e. The Morgan fingerprint density at radius 2 is 1.96 bits per heavy atom. The Balaban J connectivity index is 1.50. The molecule has 2 aliphatic heterocycles. The van der Waals surface area contributed by atoms with Crippen LogP contribution in [0.5, 0.6) is 6.01 Å². The second kappa shape index (κ2) is 13.8. The molecular formula is C35H40ClF2N7O3S. The minimum atomic E-state index is -0.804. The van der Waals surface area contributed by atoms with Crippen LogP contribution < -0.4 is 20.3 Å². The number of halogens is 3. The molecule has 14 heteroatoms. The van der Waals surface area contributed by atoms with Crippen molar-refractivity contribution >= 4 is 60.8 Å². The van der Waals surface area contributed by atoms with E-state index in [-0.39, 0.29) is 53.9 Å². The number of benzene rings is 2. The summed E-state index contributed by atoms with van der Waals surface area (Å²) in [6.07, 6.45) is 2.14. The van der Waals surface area contributed by atoms with Crippen molar-refractivity contribution in [3.8, 4) is 23.2 Å². The largest absolute Gasteiger partial charge is 0.461 e. The average Bonchev–Trinajstić information content (AvgIpc) is 3.66. The highest BCUT2D eigenvalue weighted by Gasteiger charge is 2.39. The van der Waals surface area contributed by atoms with Crippen molar-refractivity contribution < 1.29 is 23.0 Å². The summed E-state index contributed by atoms with van der Waals surface area (Å²) in [4.78, 5) is 26.5. The molecule has 4 heterocycles. The van der Waals surface area contributed by atoms with E-state index in [0.717, 1.165) is 56.8 Å². The van der Waals surface area contributed by atoms with E-state index in [9.17, 15) is 10.1 Å². The van der Waals surface area contributed by atoms with Gasteiger partial charge < -0.3 is 19.7 Å². The second-order valence-electron chi connectivity index (χ2n) is 13.4. The lowest BCUT2D eigenvalue weighted by atomic mass is 9.94. The number of hydrogen-bond acceptors (Lipinski definition) is 10. The van der Waals surface area contributed by atoms with Crippen LogP contribution in [0.1, 0.15) is 59.4 Å². The highest BCUT2D eigenvalue weighted by Crippen LogP contribution is 2.46. The summed E-state index contributed by atoms with van der Waals surface area (Å²) in [5.41, 5.74) is -0.866. The predicted molar refractivity (Wildman–Crippen MR) is 190 cm³/mol. The normalized spacial score (nSPS) is 18.6. The molecule has 0 aliphatic carbocycles. The maximum atomic E-state index is 17.1. The number of nitrogens with one attached hydrogen (secondary N) is 2. The first-order chi connectivity index (χ1) is 23.4. The van der Waals surface area contributed by atoms with Gasteiger partial charge in [0.2, 0.25) is 0 Å². The zero-order chi connectivity index (χ0) is 35.1. The second-order valence-corrected chi connectivity index (χ2v) is 14.8.